The van der Waals surface area contributed by atoms with Gasteiger partial charge in [-0.15, -0.1) is 0 Å². The van der Waals surface area contributed by atoms with Crippen LogP contribution < -0.4 is 23.8 Å². The fraction of sp³-hybridized carbons (Fsp3) is 0.381. The largest absolute Gasteiger partial charge is 0.495 e. The molecule has 0 unspecified atom stereocenters. The predicted molar refractivity (Wildman–Crippen MR) is 121 cm³/mol. The fourth-order valence-corrected chi connectivity index (χ4v) is 3.92. The molecule has 0 aromatic heterocycles. The Morgan fingerprint density at radius 2 is 1.77 bits per heavy atom. The maximum atomic E-state index is 12.5. The normalized spacial score (nSPS) is 11.0. The zero-order valence-electron chi connectivity index (χ0n) is 18.2. The topological polar surface area (TPSA) is 94.2 Å². The van der Waals surface area contributed by atoms with Gasteiger partial charge in [-0.1, -0.05) is 23.7 Å². The molecule has 1 N–H and O–H groups in total. The van der Waals surface area contributed by atoms with Crippen LogP contribution in [0.1, 0.15) is 11.1 Å². The van der Waals surface area contributed by atoms with Crippen molar-refractivity contribution in [3.63, 3.8) is 0 Å². The molecule has 10 heteroatoms. The average Bonchev–Trinajstić information content (AvgIpc) is 2.71. The molecule has 0 aliphatic carbocycles. The van der Waals surface area contributed by atoms with Gasteiger partial charge < -0.3 is 19.5 Å². The lowest BCUT2D eigenvalue weighted by atomic mass is 10.1. The van der Waals surface area contributed by atoms with E-state index >= 15 is 0 Å². The van der Waals surface area contributed by atoms with Crippen LogP contribution in [-0.4, -0.2) is 54.5 Å². The predicted octanol–water partition coefficient (Wildman–Crippen LogP) is 2.94. The molecule has 2 rings (SSSR count). The minimum atomic E-state index is -3.80. The zero-order valence-corrected chi connectivity index (χ0v) is 19.8. The van der Waals surface area contributed by atoms with Crippen LogP contribution in [0.3, 0.4) is 0 Å². The van der Waals surface area contributed by atoms with Crippen molar-refractivity contribution >= 4 is 33.2 Å². The number of sulfonamides is 1. The van der Waals surface area contributed by atoms with Gasteiger partial charge in [-0.05, 0) is 31.0 Å². The van der Waals surface area contributed by atoms with Gasteiger partial charge in [0.1, 0.15) is 30.4 Å². The standard InChI is InChI=1S/C21H27ClN2O6S/c1-14-7-6-8-18(15(14)2)30-10-9-23-21(25)13-24(31(5,26)27)17-12-19(28-3)16(22)11-20(17)29-4/h6-8,11-12H,9-10,13H2,1-5H3,(H,23,25). The molecule has 0 fully saturated rings. The minimum absolute atomic E-state index is 0.146. The van der Waals surface area contributed by atoms with Crippen LogP contribution >= 0.6 is 11.6 Å². The quantitative estimate of drug-likeness (QED) is 0.536. The Morgan fingerprint density at radius 3 is 2.39 bits per heavy atom. The number of ether oxygens (including phenoxy) is 3. The van der Waals surface area contributed by atoms with Crippen molar-refractivity contribution in [2.24, 2.45) is 0 Å². The van der Waals surface area contributed by atoms with E-state index in [1.165, 1.54) is 26.4 Å². The van der Waals surface area contributed by atoms with Crippen LogP contribution in [0, 0.1) is 13.8 Å². The van der Waals surface area contributed by atoms with Crippen molar-refractivity contribution in [1.82, 2.24) is 5.32 Å². The highest BCUT2D eigenvalue weighted by Crippen LogP contribution is 2.38. The second-order valence-corrected chi connectivity index (χ2v) is 9.14. The lowest BCUT2D eigenvalue weighted by Crippen LogP contribution is -2.41. The number of amides is 1. The molecule has 1 amide bonds. The van der Waals surface area contributed by atoms with E-state index in [0.29, 0.717) is 0 Å². The first-order valence-corrected chi connectivity index (χ1v) is 11.7. The molecule has 31 heavy (non-hydrogen) atoms. The minimum Gasteiger partial charge on any atom is -0.495 e. The Hall–Kier alpha value is -2.65. The van der Waals surface area contributed by atoms with E-state index < -0.39 is 22.5 Å². The summed E-state index contributed by atoms with van der Waals surface area (Å²) in [4.78, 5) is 12.5. The number of aryl methyl sites for hydroxylation is 1. The third kappa shape index (κ3) is 6.41. The van der Waals surface area contributed by atoms with Gasteiger partial charge in [0.15, 0.2) is 0 Å². The van der Waals surface area contributed by atoms with Crippen LogP contribution in [0.2, 0.25) is 5.02 Å². The molecule has 2 aromatic rings. The van der Waals surface area contributed by atoms with E-state index in [0.717, 1.165) is 27.4 Å². The number of hydrogen-bond acceptors (Lipinski definition) is 6. The second kappa shape index (κ2) is 10.6. The zero-order chi connectivity index (χ0) is 23.2. The SMILES string of the molecule is COc1cc(N(CC(=O)NCCOc2cccc(C)c2C)S(C)(=O)=O)c(OC)cc1Cl. The van der Waals surface area contributed by atoms with E-state index in [2.05, 4.69) is 5.32 Å². The third-order valence-corrected chi connectivity index (χ3v) is 6.07. The smallest absolute Gasteiger partial charge is 0.240 e. The van der Waals surface area contributed by atoms with Crippen molar-refractivity contribution in [3.8, 4) is 17.2 Å². The first-order valence-electron chi connectivity index (χ1n) is 9.43. The molecule has 0 saturated heterocycles. The average molecular weight is 471 g/mol. The molecule has 0 saturated carbocycles. The molecular weight excluding hydrogens is 444 g/mol. The number of methoxy groups -OCH3 is 2. The highest BCUT2D eigenvalue weighted by atomic mass is 35.5. The summed E-state index contributed by atoms with van der Waals surface area (Å²) in [6.07, 6.45) is 1.00. The van der Waals surface area contributed by atoms with Gasteiger partial charge in [-0.2, -0.15) is 0 Å². The lowest BCUT2D eigenvalue weighted by Gasteiger charge is -2.24. The van der Waals surface area contributed by atoms with Crippen LogP contribution in [-0.2, 0) is 14.8 Å². The summed E-state index contributed by atoms with van der Waals surface area (Å²) in [6.45, 7) is 3.96. The summed E-state index contributed by atoms with van der Waals surface area (Å²) in [5.41, 5.74) is 2.28. The highest BCUT2D eigenvalue weighted by molar-refractivity contribution is 7.92. The summed E-state index contributed by atoms with van der Waals surface area (Å²) in [5.74, 6) is 0.701. The number of nitrogens with one attached hydrogen (secondary N) is 1. The summed E-state index contributed by atoms with van der Waals surface area (Å²) in [5, 5.41) is 2.92. The van der Waals surface area contributed by atoms with Crippen LogP contribution in [0.15, 0.2) is 30.3 Å². The van der Waals surface area contributed by atoms with Crippen LogP contribution in [0.25, 0.3) is 0 Å². The Morgan fingerprint density at radius 1 is 1.10 bits per heavy atom. The Labute approximate surface area is 188 Å². The molecule has 0 heterocycles. The number of carbonyl (C=O) groups is 1. The van der Waals surface area contributed by atoms with Gasteiger partial charge in [0.2, 0.25) is 15.9 Å². The van der Waals surface area contributed by atoms with Crippen molar-refractivity contribution in [3.05, 3.63) is 46.5 Å². The highest BCUT2D eigenvalue weighted by Gasteiger charge is 2.25. The fourth-order valence-electron chi connectivity index (χ4n) is 2.84. The summed E-state index contributed by atoms with van der Waals surface area (Å²) in [7, 11) is -1.02. The molecule has 0 aliphatic heterocycles. The molecule has 2 aromatic carbocycles. The number of rotatable bonds is 10. The van der Waals surface area contributed by atoms with E-state index in [9.17, 15) is 13.2 Å². The molecule has 0 aliphatic rings. The molecule has 8 nitrogen and oxygen atoms in total. The molecule has 0 radical (unpaired) electrons. The number of hydrogen-bond donors (Lipinski definition) is 1. The Bertz CT molecular complexity index is 1040. The monoisotopic (exact) mass is 470 g/mol. The maximum Gasteiger partial charge on any atom is 0.240 e. The summed E-state index contributed by atoms with van der Waals surface area (Å²) < 4.78 is 41.9. The van der Waals surface area contributed by atoms with Crippen molar-refractivity contribution in [1.29, 1.82) is 0 Å². The Balaban J connectivity index is 2.08. The first kappa shape index (κ1) is 24.6. The summed E-state index contributed by atoms with van der Waals surface area (Å²) >= 11 is 6.09. The van der Waals surface area contributed by atoms with Gasteiger partial charge in [-0.3, -0.25) is 9.10 Å². The van der Waals surface area contributed by atoms with Crippen molar-refractivity contribution in [2.75, 3.05) is 44.5 Å². The molecule has 0 bridgehead atoms. The van der Waals surface area contributed by atoms with E-state index in [1.54, 1.807) is 0 Å². The molecule has 170 valence electrons. The first-order chi connectivity index (χ1) is 14.6. The maximum absolute atomic E-state index is 12.5. The lowest BCUT2D eigenvalue weighted by molar-refractivity contribution is -0.119. The van der Waals surface area contributed by atoms with Crippen molar-refractivity contribution < 1.29 is 27.4 Å². The van der Waals surface area contributed by atoms with E-state index in [-0.39, 0.29) is 35.4 Å². The number of benzene rings is 2. The molecule has 0 atom stereocenters. The van der Waals surface area contributed by atoms with E-state index in [1.807, 2.05) is 32.0 Å². The Kier molecular flexibility index (Phi) is 8.41. The third-order valence-electron chi connectivity index (χ3n) is 4.65. The second-order valence-electron chi connectivity index (χ2n) is 6.82. The van der Waals surface area contributed by atoms with Gasteiger partial charge in [-0.25, -0.2) is 8.42 Å². The number of carbonyl (C=O) groups excluding carboxylic acids is 1. The van der Waals surface area contributed by atoms with Gasteiger partial charge in [0.05, 0.1) is 37.7 Å². The number of nitrogens with zero attached hydrogens (tertiary/aromatic N) is 1. The van der Waals surface area contributed by atoms with Gasteiger partial charge in [0, 0.05) is 12.1 Å². The van der Waals surface area contributed by atoms with Gasteiger partial charge >= 0.3 is 0 Å². The van der Waals surface area contributed by atoms with E-state index in [4.69, 9.17) is 25.8 Å². The van der Waals surface area contributed by atoms with Crippen LogP contribution in [0.5, 0.6) is 17.2 Å². The van der Waals surface area contributed by atoms with Crippen LogP contribution in [0.4, 0.5) is 5.69 Å². The number of anilines is 1. The number of halogens is 1. The molecular formula is C21H27ClN2O6S. The summed E-state index contributed by atoms with van der Waals surface area (Å²) in [6, 6.07) is 8.59. The van der Waals surface area contributed by atoms with Crippen molar-refractivity contribution in [2.45, 2.75) is 13.8 Å². The van der Waals surface area contributed by atoms with Gasteiger partial charge in [0.25, 0.3) is 0 Å². The molecule has 0 spiro atoms.